The van der Waals surface area contributed by atoms with Crippen molar-refractivity contribution < 1.29 is 0 Å². The van der Waals surface area contributed by atoms with Gasteiger partial charge in [0.25, 0.3) is 0 Å². The molecular formula is C8H17N3. The Morgan fingerprint density at radius 1 is 1.36 bits per heavy atom. The van der Waals surface area contributed by atoms with Crippen LogP contribution in [0.5, 0.6) is 0 Å². The molecule has 0 saturated carbocycles. The minimum Gasteiger partial charge on any atom is -0.313 e. The predicted octanol–water partition coefficient (Wildman–Crippen LogP) is -0.366. The molecule has 2 aliphatic rings. The zero-order valence-corrected chi connectivity index (χ0v) is 7.11. The zero-order chi connectivity index (χ0) is 7.95. The van der Waals surface area contributed by atoms with Crippen molar-refractivity contribution in [2.45, 2.75) is 25.4 Å². The lowest BCUT2D eigenvalue weighted by atomic mass is 9.74. The molecule has 2 rings (SSSR count). The van der Waals surface area contributed by atoms with Gasteiger partial charge in [-0.25, -0.2) is 0 Å². The van der Waals surface area contributed by atoms with Gasteiger partial charge in [0, 0.05) is 18.5 Å². The van der Waals surface area contributed by atoms with Crippen LogP contribution in [0.3, 0.4) is 0 Å². The molecule has 0 aliphatic carbocycles. The molecule has 2 saturated heterocycles. The summed E-state index contributed by atoms with van der Waals surface area (Å²) in [7, 11) is 0. The van der Waals surface area contributed by atoms with Crippen LogP contribution < -0.4 is 16.4 Å². The molecule has 3 heteroatoms. The van der Waals surface area contributed by atoms with Gasteiger partial charge < -0.3 is 11.1 Å². The van der Waals surface area contributed by atoms with E-state index in [-0.39, 0.29) is 11.1 Å². The Kier molecular flexibility index (Phi) is 1.50. The maximum Gasteiger partial charge on any atom is 0.0857 e. The molecular weight excluding hydrogens is 138 g/mol. The Hall–Kier alpha value is -0.120. The highest BCUT2D eigenvalue weighted by atomic mass is 15.2. The highest BCUT2D eigenvalue weighted by Crippen LogP contribution is 2.37. The SMILES string of the molecule is C[C@@]12CCCN[C@]1(N)CNC2. The van der Waals surface area contributed by atoms with Gasteiger partial charge in [-0.2, -0.15) is 0 Å². The van der Waals surface area contributed by atoms with E-state index in [9.17, 15) is 0 Å². The van der Waals surface area contributed by atoms with Gasteiger partial charge in [0.05, 0.1) is 5.66 Å². The lowest BCUT2D eigenvalue weighted by Crippen LogP contribution is -2.66. The first kappa shape index (κ1) is 7.53. The molecule has 4 N–H and O–H groups in total. The number of piperidine rings is 1. The van der Waals surface area contributed by atoms with E-state index in [4.69, 9.17) is 5.73 Å². The van der Waals surface area contributed by atoms with E-state index in [0.717, 1.165) is 19.6 Å². The average Bonchev–Trinajstić information content (AvgIpc) is 2.25. The quantitative estimate of drug-likeness (QED) is 0.447. The van der Waals surface area contributed by atoms with Crippen molar-refractivity contribution in [3.63, 3.8) is 0 Å². The molecule has 2 aliphatic heterocycles. The van der Waals surface area contributed by atoms with Crippen LogP contribution in [0, 0.1) is 5.41 Å². The van der Waals surface area contributed by atoms with Crippen LogP contribution in [0.25, 0.3) is 0 Å². The first-order chi connectivity index (χ1) is 5.16. The summed E-state index contributed by atoms with van der Waals surface area (Å²) in [6, 6.07) is 0. The van der Waals surface area contributed by atoms with Crippen molar-refractivity contribution in [2.75, 3.05) is 19.6 Å². The van der Waals surface area contributed by atoms with Crippen molar-refractivity contribution >= 4 is 0 Å². The Bertz CT molecular complexity index is 153. The molecule has 0 radical (unpaired) electrons. The Morgan fingerprint density at radius 2 is 2.18 bits per heavy atom. The number of nitrogens with two attached hydrogens (primary N) is 1. The van der Waals surface area contributed by atoms with E-state index in [1.54, 1.807) is 0 Å². The van der Waals surface area contributed by atoms with Gasteiger partial charge in [-0.1, -0.05) is 6.92 Å². The van der Waals surface area contributed by atoms with Crippen LogP contribution in [0.2, 0.25) is 0 Å². The third-order valence-electron chi connectivity index (χ3n) is 3.34. The normalized spacial score (nSPS) is 50.7. The summed E-state index contributed by atoms with van der Waals surface area (Å²) in [5.41, 5.74) is 6.37. The van der Waals surface area contributed by atoms with E-state index < -0.39 is 0 Å². The zero-order valence-electron chi connectivity index (χ0n) is 7.11. The van der Waals surface area contributed by atoms with Crippen molar-refractivity contribution in [1.29, 1.82) is 0 Å². The molecule has 2 heterocycles. The number of nitrogens with one attached hydrogen (secondary N) is 2. The predicted molar refractivity (Wildman–Crippen MR) is 45.1 cm³/mol. The number of rotatable bonds is 0. The minimum absolute atomic E-state index is 0.134. The third-order valence-corrected chi connectivity index (χ3v) is 3.34. The van der Waals surface area contributed by atoms with Gasteiger partial charge in [-0.15, -0.1) is 0 Å². The molecule has 0 amide bonds. The second-order valence-electron chi connectivity index (χ2n) is 4.17. The van der Waals surface area contributed by atoms with Gasteiger partial charge >= 0.3 is 0 Å². The van der Waals surface area contributed by atoms with Crippen LogP contribution >= 0.6 is 0 Å². The first-order valence-electron chi connectivity index (χ1n) is 4.41. The summed E-state index contributed by atoms with van der Waals surface area (Å²) in [5, 5.41) is 6.77. The van der Waals surface area contributed by atoms with Gasteiger partial charge in [-0.05, 0) is 19.4 Å². The monoisotopic (exact) mass is 155 g/mol. The van der Waals surface area contributed by atoms with Gasteiger partial charge in [0.15, 0.2) is 0 Å². The van der Waals surface area contributed by atoms with Crippen LogP contribution in [0.4, 0.5) is 0 Å². The fourth-order valence-electron chi connectivity index (χ4n) is 2.28. The second-order valence-corrected chi connectivity index (χ2v) is 4.17. The van der Waals surface area contributed by atoms with E-state index in [1.807, 2.05) is 0 Å². The summed E-state index contributed by atoms with van der Waals surface area (Å²) in [4.78, 5) is 0. The molecule has 0 bridgehead atoms. The molecule has 64 valence electrons. The summed E-state index contributed by atoms with van der Waals surface area (Å²) in [5.74, 6) is 0. The number of fused-ring (bicyclic) bond motifs is 1. The van der Waals surface area contributed by atoms with E-state index in [2.05, 4.69) is 17.6 Å². The highest BCUT2D eigenvalue weighted by molar-refractivity contribution is 5.07. The number of hydrogen-bond donors (Lipinski definition) is 3. The van der Waals surface area contributed by atoms with Gasteiger partial charge in [0.1, 0.15) is 0 Å². The molecule has 0 aromatic heterocycles. The Morgan fingerprint density at radius 3 is 2.91 bits per heavy atom. The summed E-state index contributed by atoms with van der Waals surface area (Å²) < 4.78 is 0. The van der Waals surface area contributed by atoms with Crippen molar-refractivity contribution in [3.05, 3.63) is 0 Å². The van der Waals surface area contributed by atoms with E-state index in [0.29, 0.717) is 0 Å². The average molecular weight is 155 g/mol. The molecule has 0 unspecified atom stereocenters. The van der Waals surface area contributed by atoms with Crippen LogP contribution in [0.1, 0.15) is 19.8 Å². The molecule has 2 atom stereocenters. The van der Waals surface area contributed by atoms with Crippen molar-refractivity contribution in [2.24, 2.45) is 11.1 Å². The molecule has 0 aromatic carbocycles. The van der Waals surface area contributed by atoms with Crippen molar-refractivity contribution in [3.8, 4) is 0 Å². The maximum atomic E-state index is 6.22. The fraction of sp³-hybridized carbons (Fsp3) is 1.00. The van der Waals surface area contributed by atoms with Gasteiger partial charge in [0.2, 0.25) is 0 Å². The molecule has 0 aromatic rings. The fourth-order valence-corrected chi connectivity index (χ4v) is 2.28. The standard InChI is InChI=1S/C8H17N3/c1-7-3-2-4-11-8(7,9)6-10-5-7/h10-11H,2-6,9H2,1H3/t7-,8+/m0/s1. The van der Waals surface area contributed by atoms with Crippen molar-refractivity contribution in [1.82, 2.24) is 10.6 Å². The second kappa shape index (κ2) is 2.19. The topological polar surface area (TPSA) is 50.1 Å². The van der Waals surface area contributed by atoms with Crippen LogP contribution in [-0.2, 0) is 0 Å². The van der Waals surface area contributed by atoms with Crippen LogP contribution in [-0.4, -0.2) is 25.3 Å². The molecule has 3 nitrogen and oxygen atoms in total. The molecule has 0 spiro atoms. The van der Waals surface area contributed by atoms with E-state index in [1.165, 1.54) is 12.8 Å². The largest absolute Gasteiger partial charge is 0.313 e. The maximum absolute atomic E-state index is 6.22. The summed E-state index contributed by atoms with van der Waals surface area (Å²) in [6.07, 6.45) is 2.51. The lowest BCUT2D eigenvalue weighted by molar-refractivity contribution is 0.115. The van der Waals surface area contributed by atoms with E-state index >= 15 is 0 Å². The van der Waals surface area contributed by atoms with Crippen LogP contribution in [0.15, 0.2) is 0 Å². The third kappa shape index (κ3) is 0.916. The highest BCUT2D eigenvalue weighted by Gasteiger charge is 2.50. The summed E-state index contributed by atoms with van der Waals surface area (Å²) >= 11 is 0. The summed E-state index contributed by atoms with van der Waals surface area (Å²) in [6.45, 7) is 5.34. The lowest BCUT2D eigenvalue weighted by Gasteiger charge is -2.44. The van der Waals surface area contributed by atoms with Gasteiger partial charge in [-0.3, -0.25) is 5.32 Å². The molecule has 2 fully saturated rings. The molecule has 11 heavy (non-hydrogen) atoms. The Balaban J connectivity index is 2.24. The minimum atomic E-state index is -0.134. The Labute approximate surface area is 67.7 Å². The smallest absolute Gasteiger partial charge is 0.0857 e. The number of hydrogen-bond acceptors (Lipinski definition) is 3. The first-order valence-corrected chi connectivity index (χ1v) is 4.41.